The molecule has 0 radical (unpaired) electrons. The Labute approximate surface area is 322 Å². The molecule has 16 heteroatoms. The number of phenolic OH excluding ortho intramolecular Hbond substituents is 1. The van der Waals surface area contributed by atoms with Crippen LogP contribution in [0.25, 0.3) is 11.3 Å². The first kappa shape index (κ1) is 35.1. The maximum Gasteiger partial charge on any atom is 0.255 e. The maximum absolute atomic E-state index is 13.1. The minimum absolute atomic E-state index is 0.151. The van der Waals surface area contributed by atoms with Crippen LogP contribution in [0.5, 0.6) is 11.5 Å². The molecule has 0 spiro atoms. The number of pyridine rings is 1. The van der Waals surface area contributed by atoms with E-state index in [0.29, 0.717) is 48.0 Å². The zero-order valence-electron chi connectivity index (χ0n) is 30.6. The SMILES string of the molecule is Nc1nnc(-c2ccccc2O)cc1N1C[C@H]2C[C@@H]1CN2c1cccc(Cn2cc(CCCCOc3cccc4c3CN(C3CCC(=O)NC3=O)C4=O)nn2)n1. The molecule has 3 atom stereocenters. The second-order valence-electron chi connectivity index (χ2n) is 14.7. The number of piperazine rings is 1. The van der Waals surface area contributed by atoms with Crippen LogP contribution < -0.4 is 25.6 Å². The van der Waals surface area contributed by atoms with Crippen LogP contribution in [0.4, 0.5) is 17.3 Å². The maximum atomic E-state index is 13.1. The van der Waals surface area contributed by atoms with Gasteiger partial charge in [0.25, 0.3) is 5.91 Å². The summed E-state index contributed by atoms with van der Waals surface area (Å²) in [5.74, 6) is 1.15. The van der Waals surface area contributed by atoms with E-state index in [9.17, 15) is 19.5 Å². The minimum Gasteiger partial charge on any atom is -0.507 e. The van der Waals surface area contributed by atoms with E-state index < -0.39 is 11.9 Å². The van der Waals surface area contributed by atoms with Crippen LogP contribution in [0.15, 0.2) is 72.9 Å². The normalized spacial score (nSPS) is 20.2. The van der Waals surface area contributed by atoms with Gasteiger partial charge in [0.2, 0.25) is 11.8 Å². The van der Waals surface area contributed by atoms with Gasteiger partial charge in [-0.15, -0.1) is 15.3 Å². The lowest BCUT2D eigenvalue weighted by Gasteiger charge is -2.36. The number of fused-ring (bicyclic) bond motifs is 3. The molecular weight excluding hydrogens is 715 g/mol. The van der Waals surface area contributed by atoms with Gasteiger partial charge in [0, 0.05) is 48.4 Å². The van der Waals surface area contributed by atoms with Gasteiger partial charge in [-0.1, -0.05) is 29.5 Å². The van der Waals surface area contributed by atoms with Crippen LogP contribution in [-0.4, -0.2) is 95.7 Å². The zero-order chi connectivity index (χ0) is 38.3. The van der Waals surface area contributed by atoms with Gasteiger partial charge in [-0.2, -0.15) is 0 Å². The number of aromatic nitrogens is 6. The molecule has 2 bridgehead atoms. The van der Waals surface area contributed by atoms with E-state index in [2.05, 4.69) is 41.7 Å². The molecular formula is C40H41N11O5. The fourth-order valence-electron chi connectivity index (χ4n) is 8.38. The van der Waals surface area contributed by atoms with Crippen molar-refractivity contribution in [3.8, 4) is 22.8 Å². The van der Waals surface area contributed by atoms with E-state index in [1.54, 1.807) is 24.3 Å². The summed E-state index contributed by atoms with van der Waals surface area (Å²) < 4.78 is 7.94. The first-order valence-corrected chi connectivity index (χ1v) is 19.0. The molecule has 5 aromatic rings. The van der Waals surface area contributed by atoms with Crippen molar-refractivity contribution in [2.24, 2.45) is 0 Å². The number of rotatable bonds is 12. The smallest absolute Gasteiger partial charge is 0.255 e. The molecule has 3 saturated heterocycles. The summed E-state index contributed by atoms with van der Waals surface area (Å²) >= 11 is 0. The molecule has 56 heavy (non-hydrogen) atoms. The fraction of sp³-hybridized carbons (Fsp3) is 0.350. The molecule has 3 fully saturated rings. The van der Waals surface area contributed by atoms with Gasteiger partial charge in [0.05, 0.1) is 48.5 Å². The van der Waals surface area contributed by atoms with E-state index >= 15 is 0 Å². The van der Waals surface area contributed by atoms with Gasteiger partial charge in [0.1, 0.15) is 23.4 Å². The van der Waals surface area contributed by atoms with Gasteiger partial charge in [0.15, 0.2) is 5.82 Å². The molecule has 7 heterocycles. The number of nitrogens with zero attached hydrogens (tertiary/aromatic N) is 9. The molecule has 286 valence electrons. The van der Waals surface area contributed by atoms with Crippen LogP contribution in [0.3, 0.4) is 0 Å². The number of hydrogen-bond donors (Lipinski definition) is 3. The number of carbonyl (C=O) groups excluding carboxylic acids is 3. The highest BCUT2D eigenvalue weighted by Crippen LogP contribution is 2.40. The molecule has 3 aromatic heterocycles. The molecule has 0 aliphatic carbocycles. The monoisotopic (exact) mass is 755 g/mol. The Kier molecular flexibility index (Phi) is 9.15. The van der Waals surface area contributed by atoms with Crippen LogP contribution in [0.2, 0.25) is 0 Å². The summed E-state index contributed by atoms with van der Waals surface area (Å²) in [5.41, 5.74) is 11.4. The third kappa shape index (κ3) is 6.71. The van der Waals surface area contributed by atoms with Gasteiger partial charge in [-0.3, -0.25) is 19.7 Å². The number of phenols is 1. The topological polar surface area (TPSA) is 198 Å². The van der Waals surface area contributed by atoms with Crippen molar-refractivity contribution in [3.05, 3.63) is 95.4 Å². The number of benzene rings is 2. The van der Waals surface area contributed by atoms with Gasteiger partial charge >= 0.3 is 0 Å². The summed E-state index contributed by atoms with van der Waals surface area (Å²) in [6.07, 6.45) is 5.84. The fourth-order valence-corrected chi connectivity index (χ4v) is 8.38. The van der Waals surface area contributed by atoms with Crippen molar-refractivity contribution < 1.29 is 24.2 Å². The van der Waals surface area contributed by atoms with Crippen LogP contribution in [0.1, 0.15) is 59.4 Å². The Morgan fingerprint density at radius 3 is 2.54 bits per heavy atom. The number of nitrogens with two attached hydrogens (primary N) is 1. The number of ether oxygens (including phenoxy) is 1. The van der Waals surface area contributed by atoms with Gasteiger partial charge in [-0.05, 0) is 74.6 Å². The quantitative estimate of drug-likeness (QED) is 0.124. The second kappa shape index (κ2) is 14.6. The summed E-state index contributed by atoms with van der Waals surface area (Å²) in [5, 5.41) is 29.9. The molecule has 0 saturated carbocycles. The number of unbranched alkanes of at least 4 members (excludes halogenated alkanes) is 1. The summed E-state index contributed by atoms with van der Waals surface area (Å²) in [6, 6.07) is 20.3. The number of aryl methyl sites for hydroxylation is 1. The van der Waals surface area contributed by atoms with Gasteiger partial charge < -0.3 is 30.3 Å². The Morgan fingerprint density at radius 1 is 0.875 bits per heavy atom. The molecule has 3 amide bonds. The Balaban J connectivity index is 0.760. The molecule has 4 aliphatic rings. The van der Waals surface area contributed by atoms with Crippen LogP contribution in [0, 0.1) is 0 Å². The lowest BCUT2D eigenvalue weighted by molar-refractivity contribution is -0.136. The third-order valence-corrected chi connectivity index (χ3v) is 11.2. The first-order valence-electron chi connectivity index (χ1n) is 19.0. The molecule has 4 N–H and O–H groups in total. The van der Waals surface area contributed by atoms with E-state index in [1.165, 1.54) is 4.90 Å². The third-order valence-electron chi connectivity index (χ3n) is 11.2. The molecule has 16 nitrogen and oxygen atoms in total. The average Bonchev–Trinajstić information content (AvgIpc) is 4.00. The van der Waals surface area contributed by atoms with Crippen molar-refractivity contribution >= 4 is 35.0 Å². The van der Waals surface area contributed by atoms with Crippen LogP contribution in [-0.2, 0) is 29.1 Å². The highest BCUT2D eigenvalue weighted by molar-refractivity contribution is 6.05. The lowest BCUT2D eigenvalue weighted by atomic mass is 10.0. The number of carbonyl (C=O) groups is 3. The average molecular weight is 756 g/mol. The van der Waals surface area contributed by atoms with E-state index in [4.69, 9.17) is 15.5 Å². The lowest BCUT2D eigenvalue weighted by Crippen LogP contribution is -2.52. The second-order valence-corrected chi connectivity index (χ2v) is 14.7. The summed E-state index contributed by atoms with van der Waals surface area (Å²) in [4.78, 5) is 48.4. The number of hydrogen-bond acceptors (Lipinski definition) is 13. The number of nitrogen functional groups attached to an aromatic ring is 1. The number of amides is 3. The van der Waals surface area contributed by atoms with Gasteiger partial charge in [-0.25, -0.2) is 9.67 Å². The zero-order valence-corrected chi connectivity index (χ0v) is 30.6. The Bertz CT molecular complexity index is 2330. The highest BCUT2D eigenvalue weighted by Gasteiger charge is 2.45. The van der Waals surface area contributed by atoms with Crippen molar-refractivity contribution in [2.45, 2.75) is 69.7 Å². The van der Waals surface area contributed by atoms with E-state index in [-0.39, 0.29) is 42.6 Å². The number of aromatic hydroxyl groups is 1. The first-order chi connectivity index (χ1) is 27.3. The van der Waals surface area contributed by atoms with Crippen molar-refractivity contribution in [3.63, 3.8) is 0 Å². The van der Waals surface area contributed by atoms with Crippen molar-refractivity contribution in [1.82, 2.24) is 40.4 Å². The number of anilines is 3. The molecule has 9 rings (SSSR count). The Hall–Kier alpha value is -6.58. The Morgan fingerprint density at radius 2 is 1.70 bits per heavy atom. The standard InChI is InChI=1S/C40H41N11O5/c41-38-33(18-31(45-46-38)29-9-1-2-11-34(29)52)49-21-27-17-26(49)22-50(27)36-13-5-8-24(42-36)19-48-20-25(44-47-48)7-3-4-16-56-35-12-6-10-28-30(35)23-51(40(28)55)32-14-15-37(53)43-39(32)54/h1-2,5-6,8-13,18,20,26-27,32,52H,3-4,7,14-17,19,21-23H2,(H2,41,46)(H,43,53,54)/t26-,27-,32?/m1/s1. The predicted molar refractivity (Wildman–Crippen MR) is 205 cm³/mol. The largest absolute Gasteiger partial charge is 0.507 e. The predicted octanol–water partition coefficient (Wildman–Crippen LogP) is 3.10. The number of para-hydroxylation sites is 1. The summed E-state index contributed by atoms with van der Waals surface area (Å²) in [6.45, 7) is 2.83. The number of nitrogens with one attached hydrogen (secondary N) is 1. The van der Waals surface area contributed by atoms with E-state index in [0.717, 1.165) is 67.2 Å². The minimum atomic E-state index is -0.661. The summed E-state index contributed by atoms with van der Waals surface area (Å²) in [7, 11) is 0. The van der Waals surface area contributed by atoms with Crippen molar-refractivity contribution in [1.29, 1.82) is 0 Å². The van der Waals surface area contributed by atoms with E-state index in [1.807, 2.05) is 47.3 Å². The molecule has 1 unspecified atom stereocenters. The number of piperidine rings is 1. The van der Waals surface area contributed by atoms with Crippen molar-refractivity contribution in [2.75, 3.05) is 35.2 Å². The van der Waals surface area contributed by atoms with Crippen LogP contribution >= 0.6 is 0 Å². The molecule has 4 aliphatic heterocycles. The number of imide groups is 1. The highest BCUT2D eigenvalue weighted by atomic mass is 16.5. The molecule has 2 aromatic carbocycles.